The van der Waals surface area contributed by atoms with Gasteiger partial charge in [-0.1, -0.05) is 59.1 Å². The standard InChI is InChI=1S/C27H27Cl3N4O2/c1-27(36,16-33-11-9-31-10-12-33)17-13-19(18-5-2-3-6-21(18)28)20-15-32-26(35)34(24(20)14-17)25-22(29)7-4-8-23(25)30/h2-8,13-14,31,36H,9-12,15-16H2,1H3,(H,32,35). The second kappa shape index (κ2) is 10.2. The largest absolute Gasteiger partial charge is 0.384 e. The Hall–Kier alpha value is -2.32. The van der Waals surface area contributed by atoms with Crippen LogP contribution in [0.3, 0.4) is 0 Å². The molecule has 0 aromatic heterocycles. The summed E-state index contributed by atoms with van der Waals surface area (Å²) in [7, 11) is 0. The van der Waals surface area contributed by atoms with Crippen molar-refractivity contribution in [3.8, 4) is 11.1 Å². The normalized spacial score (nSPS) is 17.9. The molecule has 1 saturated heterocycles. The van der Waals surface area contributed by atoms with E-state index in [9.17, 15) is 9.90 Å². The molecule has 0 aliphatic carbocycles. The van der Waals surface area contributed by atoms with Crippen LogP contribution >= 0.6 is 34.8 Å². The molecule has 0 saturated carbocycles. The third-order valence-electron chi connectivity index (χ3n) is 6.77. The van der Waals surface area contributed by atoms with Crippen molar-refractivity contribution in [2.45, 2.75) is 19.1 Å². The summed E-state index contributed by atoms with van der Waals surface area (Å²) in [6, 6.07) is 16.2. The smallest absolute Gasteiger partial charge is 0.326 e. The summed E-state index contributed by atoms with van der Waals surface area (Å²) in [5, 5.41) is 19.3. The summed E-state index contributed by atoms with van der Waals surface area (Å²) in [5.41, 5.74) is 3.01. The first-order valence-corrected chi connectivity index (χ1v) is 13.0. The summed E-state index contributed by atoms with van der Waals surface area (Å²) in [6.45, 7) is 6.02. The van der Waals surface area contributed by atoms with Crippen LogP contribution in [0.5, 0.6) is 0 Å². The fourth-order valence-electron chi connectivity index (χ4n) is 4.95. The van der Waals surface area contributed by atoms with Crippen LogP contribution in [0.4, 0.5) is 16.2 Å². The molecule has 0 bridgehead atoms. The zero-order chi connectivity index (χ0) is 25.4. The Morgan fingerprint density at radius 3 is 2.31 bits per heavy atom. The predicted molar refractivity (Wildman–Crippen MR) is 147 cm³/mol. The van der Waals surface area contributed by atoms with Gasteiger partial charge >= 0.3 is 6.03 Å². The molecule has 2 aliphatic rings. The van der Waals surface area contributed by atoms with Gasteiger partial charge < -0.3 is 15.7 Å². The Morgan fingerprint density at radius 2 is 1.61 bits per heavy atom. The first kappa shape index (κ1) is 25.3. The van der Waals surface area contributed by atoms with Crippen molar-refractivity contribution >= 4 is 52.2 Å². The fraction of sp³-hybridized carbons (Fsp3) is 0.296. The minimum Gasteiger partial charge on any atom is -0.384 e. The van der Waals surface area contributed by atoms with Crippen LogP contribution in [0.1, 0.15) is 18.1 Å². The summed E-state index contributed by atoms with van der Waals surface area (Å²) < 4.78 is 0. The number of piperazine rings is 1. The van der Waals surface area contributed by atoms with Gasteiger partial charge in [0.25, 0.3) is 0 Å². The molecule has 0 radical (unpaired) electrons. The maximum Gasteiger partial charge on any atom is 0.326 e. The van der Waals surface area contributed by atoms with Crippen molar-refractivity contribution in [1.29, 1.82) is 0 Å². The average molecular weight is 546 g/mol. The van der Waals surface area contributed by atoms with Crippen molar-refractivity contribution in [3.05, 3.63) is 80.8 Å². The SMILES string of the molecule is CC(O)(CN1CCNCC1)c1cc(-c2ccccc2Cl)c2c(c1)N(c1c(Cl)cccc1Cl)C(=O)NC2. The van der Waals surface area contributed by atoms with Gasteiger partial charge in [0.1, 0.15) is 0 Å². The minimum atomic E-state index is -1.19. The van der Waals surface area contributed by atoms with Crippen molar-refractivity contribution in [1.82, 2.24) is 15.5 Å². The van der Waals surface area contributed by atoms with Crippen molar-refractivity contribution in [3.63, 3.8) is 0 Å². The van der Waals surface area contributed by atoms with Gasteiger partial charge in [-0.3, -0.25) is 9.80 Å². The molecule has 5 rings (SSSR count). The lowest BCUT2D eigenvalue weighted by Gasteiger charge is -2.37. The highest BCUT2D eigenvalue weighted by molar-refractivity contribution is 6.40. The number of β-amino-alcohol motifs (C(OH)–C–C–N with tert-alkyl or cyclic N) is 1. The van der Waals surface area contributed by atoms with Crippen LogP contribution in [0.25, 0.3) is 11.1 Å². The van der Waals surface area contributed by atoms with Crippen molar-refractivity contribution < 1.29 is 9.90 Å². The number of para-hydroxylation sites is 1. The second-order valence-corrected chi connectivity index (χ2v) is 10.6. The highest BCUT2D eigenvalue weighted by Gasteiger charge is 2.35. The Kier molecular flexibility index (Phi) is 7.18. The van der Waals surface area contributed by atoms with Gasteiger partial charge in [-0.25, -0.2) is 4.79 Å². The van der Waals surface area contributed by atoms with Crippen LogP contribution in [0, 0.1) is 0 Å². The van der Waals surface area contributed by atoms with Gasteiger partial charge in [-0.15, -0.1) is 0 Å². The van der Waals surface area contributed by atoms with Gasteiger partial charge in [0.15, 0.2) is 0 Å². The molecule has 36 heavy (non-hydrogen) atoms. The Labute approximate surface area is 225 Å². The predicted octanol–water partition coefficient (Wildman–Crippen LogP) is 5.79. The monoisotopic (exact) mass is 544 g/mol. The topological polar surface area (TPSA) is 67.8 Å². The maximum atomic E-state index is 13.2. The van der Waals surface area contributed by atoms with Gasteiger partial charge in [0, 0.05) is 55.4 Å². The number of urea groups is 1. The molecule has 1 unspecified atom stereocenters. The van der Waals surface area contributed by atoms with Crippen LogP contribution < -0.4 is 15.5 Å². The molecule has 3 aromatic carbocycles. The average Bonchev–Trinajstić information content (AvgIpc) is 2.85. The lowest BCUT2D eigenvalue weighted by Crippen LogP contribution is -2.48. The van der Waals surface area contributed by atoms with E-state index in [0.29, 0.717) is 45.1 Å². The number of rotatable bonds is 5. The van der Waals surface area contributed by atoms with Gasteiger partial charge in [-0.2, -0.15) is 0 Å². The molecule has 3 aromatic rings. The molecule has 2 amide bonds. The van der Waals surface area contributed by atoms with E-state index >= 15 is 0 Å². The Bertz CT molecular complexity index is 1290. The summed E-state index contributed by atoms with van der Waals surface area (Å²) in [6.07, 6.45) is 0. The van der Waals surface area contributed by atoms with E-state index < -0.39 is 5.60 Å². The molecule has 2 heterocycles. The first-order valence-electron chi connectivity index (χ1n) is 11.9. The number of benzene rings is 3. The molecule has 188 valence electrons. The molecule has 9 heteroatoms. The number of halogens is 3. The third-order valence-corrected chi connectivity index (χ3v) is 7.71. The zero-order valence-electron chi connectivity index (χ0n) is 19.8. The molecule has 1 fully saturated rings. The number of amides is 2. The number of aliphatic hydroxyl groups is 1. The number of carbonyl (C=O) groups is 1. The zero-order valence-corrected chi connectivity index (χ0v) is 22.1. The molecule has 6 nitrogen and oxygen atoms in total. The molecule has 0 spiro atoms. The van der Waals surface area contributed by atoms with Crippen molar-refractivity contribution in [2.24, 2.45) is 0 Å². The van der Waals surface area contributed by atoms with Crippen molar-refractivity contribution in [2.75, 3.05) is 37.6 Å². The summed E-state index contributed by atoms with van der Waals surface area (Å²) in [5.74, 6) is 0. The number of hydrogen-bond donors (Lipinski definition) is 3. The number of hydrogen-bond acceptors (Lipinski definition) is 4. The van der Waals surface area contributed by atoms with Crippen LogP contribution in [-0.2, 0) is 12.1 Å². The second-order valence-electron chi connectivity index (χ2n) is 9.37. The first-order chi connectivity index (χ1) is 17.3. The van der Waals surface area contributed by atoms with Crippen LogP contribution in [0.2, 0.25) is 15.1 Å². The lowest BCUT2D eigenvalue weighted by atomic mass is 9.87. The molecule has 2 aliphatic heterocycles. The number of nitrogens with zero attached hydrogens (tertiary/aromatic N) is 2. The fourth-order valence-corrected chi connectivity index (χ4v) is 5.75. The lowest BCUT2D eigenvalue weighted by molar-refractivity contribution is 0.0126. The summed E-state index contributed by atoms with van der Waals surface area (Å²) in [4.78, 5) is 17.0. The van der Waals surface area contributed by atoms with Crippen LogP contribution in [-0.4, -0.2) is 48.8 Å². The van der Waals surface area contributed by atoms with Gasteiger partial charge in [0.2, 0.25) is 0 Å². The summed E-state index contributed by atoms with van der Waals surface area (Å²) >= 11 is 19.7. The number of fused-ring (bicyclic) bond motifs is 1. The van der Waals surface area contributed by atoms with E-state index in [4.69, 9.17) is 34.8 Å². The van der Waals surface area contributed by atoms with E-state index in [2.05, 4.69) is 15.5 Å². The van der Waals surface area contributed by atoms with E-state index in [1.807, 2.05) is 43.3 Å². The van der Waals surface area contributed by atoms with E-state index in [-0.39, 0.29) is 6.03 Å². The molecule has 3 N–H and O–H groups in total. The Balaban J connectivity index is 1.72. The highest BCUT2D eigenvalue weighted by atomic mass is 35.5. The molecular weight excluding hydrogens is 519 g/mol. The molecule has 1 atom stereocenters. The molecular formula is C27H27Cl3N4O2. The number of carbonyl (C=O) groups excluding carboxylic acids is 1. The number of anilines is 2. The minimum absolute atomic E-state index is 0.299. The maximum absolute atomic E-state index is 13.2. The highest BCUT2D eigenvalue weighted by Crippen LogP contribution is 2.45. The number of nitrogens with one attached hydrogen (secondary N) is 2. The van der Waals surface area contributed by atoms with E-state index in [1.54, 1.807) is 18.2 Å². The van der Waals surface area contributed by atoms with E-state index in [1.165, 1.54) is 4.90 Å². The van der Waals surface area contributed by atoms with Crippen LogP contribution in [0.15, 0.2) is 54.6 Å². The third kappa shape index (κ3) is 4.82. The van der Waals surface area contributed by atoms with Gasteiger partial charge in [0.05, 0.1) is 27.0 Å². The van der Waals surface area contributed by atoms with E-state index in [0.717, 1.165) is 42.9 Å². The van der Waals surface area contributed by atoms with Gasteiger partial charge in [-0.05, 0) is 48.4 Å². The Morgan fingerprint density at radius 1 is 0.944 bits per heavy atom. The quantitative estimate of drug-likeness (QED) is 0.380.